The van der Waals surface area contributed by atoms with Gasteiger partial charge in [0.2, 0.25) is 0 Å². The fourth-order valence-corrected chi connectivity index (χ4v) is 3.14. The van der Waals surface area contributed by atoms with E-state index < -0.39 is 6.10 Å². The Morgan fingerprint density at radius 2 is 2.00 bits per heavy atom. The van der Waals surface area contributed by atoms with E-state index in [1.807, 2.05) is 6.07 Å². The standard InChI is InChI=1S/C22H25NO3/c1-17(24)20-8-5-9-22(14-20)26-16-21(25)15-23-12-10-19(11-13-23)18-6-3-2-4-7-18/h2-10,14,21,25H,11-13,15-16H2,1H3/t21-/m0/s1. The number of carbonyl (C=O) groups excluding carboxylic acids is 1. The summed E-state index contributed by atoms with van der Waals surface area (Å²) in [5.74, 6) is 0.618. The highest BCUT2D eigenvalue weighted by molar-refractivity contribution is 5.94. The average Bonchev–Trinajstić information content (AvgIpc) is 2.68. The van der Waals surface area contributed by atoms with Crippen LogP contribution in [0.25, 0.3) is 5.57 Å². The summed E-state index contributed by atoms with van der Waals surface area (Å²) in [5, 5.41) is 10.3. The number of hydrogen-bond donors (Lipinski definition) is 1. The topological polar surface area (TPSA) is 49.8 Å². The highest BCUT2D eigenvalue weighted by atomic mass is 16.5. The molecule has 1 N–H and O–H groups in total. The minimum atomic E-state index is -0.567. The van der Waals surface area contributed by atoms with Crippen LogP contribution >= 0.6 is 0 Å². The number of aliphatic hydroxyl groups is 1. The first-order valence-corrected chi connectivity index (χ1v) is 9.00. The summed E-state index contributed by atoms with van der Waals surface area (Å²) in [6.07, 6.45) is 2.66. The molecule has 1 heterocycles. The molecule has 4 heteroatoms. The van der Waals surface area contributed by atoms with Crippen molar-refractivity contribution in [3.63, 3.8) is 0 Å². The molecule has 0 radical (unpaired) electrons. The second-order valence-corrected chi connectivity index (χ2v) is 6.65. The summed E-state index contributed by atoms with van der Waals surface area (Å²) >= 11 is 0. The Balaban J connectivity index is 1.47. The minimum absolute atomic E-state index is 0.00493. The Kier molecular flexibility index (Phi) is 6.21. The molecule has 2 aromatic carbocycles. The first-order chi connectivity index (χ1) is 12.6. The van der Waals surface area contributed by atoms with Crippen LogP contribution in [-0.4, -0.2) is 48.1 Å². The van der Waals surface area contributed by atoms with Gasteiger partial charge in [-0.15, -0.1) is 0 Å². The molecule has 0 aromatic heterocycles. The Bertz CT molecular complexity index is 770. The van der Waals surface area contributed by atoms with Crippen molar-refractivity contribution < 1.29 is 14.6 Å². The summed E-state index contributed by atoms with van der Waals surface area (Å²) < 4.78 is 5.65. The van der Waals surface area contributed by atoms with E-state index in [1.54, 1.807) is 24.3 Å². The number of rotatable bonds is 7. The molecule has 1 aliphatic rings. The number of β-amino-alcohol motifs (C(OH)–C–C–N with tert-alkyl or cyclic N) is 1. The van der Waals surface area contributed by atoms with Gasteiger partial charge in [0.1, 0.15) is 18.5 Å². The van der Waals surface area contributed by atoms with Crippen molar-refractivity contribution in [3.8, 4) is 5.75 Å². The fraction of sp³-hybridized carbons (Fsp3) is 0.318. The van der Waals surface area contributed by atoms with E-state index in [0.717, 1.165) is 19.5 Å². The van der Waals surface area contributed by atoms with Gasteiger partial charge >= 0.3 is 0 Å². The van der Waals surface area contributed by atoms with Gasteiger partial charge in [0.15, 0.2) is 5.78 Å². The van der Waals surface area contributed by atoms with Crippen LogP contribution in [0, 0.1) is 0 Å². The molecule has 0 amide bonds. The molecule has 0 unspecified atom stereocenters. The van der Waals surface area contributed by atoms with Crippen molar-refractivity contribution in [2.75, 3.05) is 26.2 Å². The van der Waals surface area contributed by atoms with Gasteiger partial charge in [-0.1, -0.05) is 48.5 Å². The third-order valence-corrected chi connectivity index (χ3v) is 4.59. The number of carbonyl (C=O) groups is 1. The van der Waals surface area contributed by atoms with Crippen LogP contribution in [0.4, 0.5) is 0 Å². The number of benzene rings is 2. The largest absolute Gasteiger partial charge is 0.491 e. The molecule has 2 aromatic rings. The number of aliphatic hydroxyl groups excluding tert-OH is 1. The van der Waals surface area contributed by atoms with Crippen molar-refractivity contribution in [2.45, 2.75) is 19.4 Å². The highest BCUT2D eigenvalue weighted by Gasteiger charge is 2.16. The van der Waals surface area contributed by atoms with Gasteiger partial charge in [-0.3, -0.25) is 9.69 Å². The zero-order valence-corrected chi connectivity index (χ0v) is 15.1. The van der Waals surface area contributed by atoms with Crippen LogP contribution in [0.1, 0.15) is 29.3 Å². The van der Waals surface area contributed by atoms with Gasteiger partial charge in [-0.2, -0.15) is 0 Å². The van der Waals surface area contributed by atoms with E-state index >= 15 is 0 Å². The Morgan fingerprint density at radius 3 is 2.69 bits per heavy atom. The van der Waals surface area contributed by atoms with Crippen molar-refractivity contribution in [1.82, 2.24) is 4.90 Å². The van der Waals surface area contributed by atoms with E-state index in [4.69, 9.17) is 4.74 Å². The zero-order chi connectivity index (χ0) is 18.4. The van der Waals surface area contributed by atoms with Gasteiger partial charge in [0.05, 0.1) is 0 Å². The predicted octanol–water partition coefficient (Wildman–Crippen LogP) is 3.42. The minimum Gasteiger partial charge on any atom is -0.491 e. The molecule has 0 bridgehead atoms. The smallest absolute Gasteiger partial charge is 0.159 e. The Labute approximate surface area is 154 Å². The third-order valence-electron chi connectivity index (χ3n) is 4.59. The van der Waals surface area contributed by atoms with Crippen LogP contribution in [0.15, 0.2) is 60.7 Å². The molecule has 0 spiro atoms. The van der Waals surface area contributed by atoms with Gasteiger partial charge in [0, 0.05) is 25.2 Å². The molecular weight excluding hydrogens is 326 g/mol. The predicted molar refractivity (Wildman–Crippen MR) is 103 cm³/mol. The summed E-state index contributed by atoms with van der Waals surface area (Å²) in [5.41, 5.74) is 3.27. The number of ketones is 1. The van der Waals surface area contributed by atoms with E-state index in [9.17, 15) is 9.90 Å². The molecule has 0 saturated heterocycles. The van der Waals surface area contributed by atoms with Crippen molar-refractivity contribution in [3.05, 3.63) is 71.8 Å². The number of Topliss-reactive ketones (excluding diaryl/α,β-unsaturated/α-hetero) is 1. The first-order valence-electron chi connectivity index (χ1n) is 9.00. The summed E-state index contributed by atoms with van der Waals surface area (Å²) in [7, 11) is 0. The number of hydrogen-bond acceptors (Lipinski definition) is 4. The van der Waals surface area contributed by atoms with Crippen LogP contribution in [-0.2, 0) is 0 Å². The monoisotopic (exact) mass is 351 g/mol. The highest BCUT2D eigenvalue weighted by Crippen LogP contribution is 2.22. The molecule has 1 aliphatic heterocycles. The summed E-state index contributed by atoms with van der Waals surface area (Å²) in [6.45, 7) is 4.08. The maximum atomic E-state index is 11.4. The van der Waals surface area contributed by atoms with Crippen molar-refractivity contribution >= 4 is 11.4 Å². The maximum absolute atomic E-state index is 11.4. The molecule has 1 atom stereocenters. The molecular formula is C22H25NO3. The molecule has 136 valence electrons. The van der Waals surface area contributed by atoms with Gasteiger partial charge in [0.25, 0.3) is 0 Å². The Hall–Kier alpha value is -2.43. The van der Waals surface area contributed by atoms with E-state index in [1.165, 1.54) is 18.1 Å². The fourth-order valence-electron chi connectivity index (χ4n) is 3.14. The van der Waals surface area contributed by atoms with Crippen molar-refractivity contribution in [2.24, 2.45) is 0 Å². The van der Waals surface area contributed by atoms with Crippen LogP contribution in [0.3, 0.4) is 0 Å². The molecule has 0 saturated carbocycles. The van der Waals surface area contributed by atoms with E-state index in [-0.39, 0.29) is 12.4 Å². The van der Waals surface area contributed by atoms with Crippen molar-refractivity contribution in [1.29, 1.82) is 0 Å². The third kappa shape index (κ3) is 5.04. The quantitative estimate of drug-likeness (QED) is 0.777. The summed E-state index contributed by atoms with van der Waals surface area (Å²) in [6, 6.07) is 17.5. The lowest BCUT2D eigenvalue weighted by Gasteiger charge is -2.28. The average molecular weight is 351 g/mol. The normalized spacial score (nSPS) is 16.0. The maximum Gasteiger partial charge on any atom is 0.159 e. The van der Waals surface area contributed by atoms with Gasteiger partial charge in [-0.05, 0) is 36.6 Å². The van der Waals surface area contributed by atoms with E-state index in [2.05, 4.69) is 35.2 Å². The molecule has 3 rings (SSSR count). The number of ether oxygens (including phenoxy) is 1. The van der Waals surface area contributed by atoms with Gasteiger partial charge in [-0.25, -0.2) is 0 Å². The Morgan fingerprint density at radius 1 is 1.19 bits per heavy atom. The molecule has 26 heavy (non-hydrogen) atoms. The molecule has 0 aliphatic carbocycles. The van der Waals surface area contributed by atoms with Crippen LogP contribution in [0.2, 0.25) is 0 Å². The lowest BCUT2D eigenvalue weighted by Crippen LogP contribution is -2.38. The number of nitrogens with zero attached hydrogens (tertiary/aromatic N) is 1. The zero-order valence-electron chi connectivity index (χ0n) is 15.1. The van der Waals surface area contributed by atoms with Crippen LogP contribution in [0.5, 0.6) is 5.75 Å². The first kappa shape index (κ1) is 18.4. The van der Waals surface area contributed by atoms with Crippen LogP contribution < -0.4 is 4.74 Å². The second-order valence-electron chi connectivity index (χ2n) is 6.65. The lowest BCUT2D eigenvalue weighted by molar-refractivity contribution is 0.0716. The molecule has 4 nitrogen and oxygen atoms in total. The van der Waals surface area contributed by atoms with Gasteiger partial charge < -0.3 is 9.84 Å². The summed E-state index contributed by atoms with van der Waals surface area (Å²) in [4.78, 5) is 13.6. The van der Waals surface area contributed by atoms with E-state index in [0.29, 0.717) is 17.9 Å². The SMILES string of the molecule is CC(=O)c1cccc(OC[C@@H](O)CN2CC=C(c3ccccc3)CC2)c1. The second kappa shape index (κ2) is 8.79. The molecule has 0 fully saturated rings. The lowest BCUT2D eigenvalue weighted by atomic mass is 9.99.